The van der Waals surface area contributed by atoms with Crippen molar-refractivity contribution < 1.29 is 19.1 Å². The minimum atomic E-state index is -0.935. The number of aliphatic hydroxyl groups is 2. The molecule has 52 valence electrons. The molecular formula is C7H6O3. The Morgan fingerprint density at radius 1 is 1.60 bits per heavy atom. The van der Waals surface area contributed by atoms with Crippen LogP contribution in [0.4, 0.5) is 0 Å². The number of ketones is 1. The smallest absolute Gasteiger partial charge is 0.189 e. The second-order valence-corrected chi connectivity index (χ2v) is 1.60. The largest absolute Gasteiger partial charge is 0.515 e. The topological polar surface area (TPSA) is 57.5 Å². The number of hydrogen-bond donors (Lipinski definition) is 2. The van der Waals surface area contributed by atoms with Crippen LogP contribution in [0.5, 0.6) is 0 Å². The maximum absolute atomic E-state index is 11.1. The molecule has 3 nitrogen and oxygen atoms in total. The van der Waals surface area contributed by atoms with E-state index < -0.39 is 35.3 Å². The highest BCUT2D eigenvalue weighted by molar-refractivity contribution is 6.07. The molecule has 0 saturated heterocycles. The van der Waals surface area contributed by atoms with E-state index in [2.05, 4.69) is 0 Å². The maximum atomic E-state index is 11.1. The molecule has 0 aromatic rings. The van der Waals surface area contributed by atoms with Gasteiger partial charge in [-0.2, -0.15) is 0 Å². The number of hydrogen-bond acceptors (Lipinski definition) is 3. The van der Waals surface area contributed by atoms with Crippen molar-refractivity contribution >= 4 is 5.78 Å². The first kappa shape index (κ1) is 3.61. The summed E-state index contributed by atoms with van der Waals surface area (Å²) in [6.45, 7) is 0. The standard InChI is InChI=1S/C7H6O3/c8-4-5-3-6(9)1-2-7(5)10/h1-4,8-9H/b5-4-/i1D,2D,3D. The van der Waals surface area contributed by atoms with Crippen molar-refractivity contribution in [1.82, 2.24) is 0 Å². The summed E-state index contributed by atoms with van der Waals surface area (Å²) in [7, 11) is 0. The average molecular weight is 141 g/mol. The second kappa shape index (κ2) is 2.39. The van der Waals surface area contributed by atoms with E-state index >= 15 is 0 Å². The van der Waals surface area contributed by atoms with Gasteiger partial charge in [0, 0.05) is 0 Å². The fraction of sp³-hybridized carbons (Fsp3) is 0. The van der Waals surface area contributed by atoms with Crippen LogP contribution in [0.25, 0.3) is 0 Å². The molecule has 2 N–H and O–H groups in total. The Balaban J connectivity index is 3.41. The summed E-state index contributed by atoms with van der Waals surface area (Å²) < 4.78 is 21.2. The number of aliphatic hydroxyl groups excluding tert-OH is 2. The van der Waals surface area contributed by atoms with Crippen LogP contribution < -0.4 is 0 Å². The molecule has 0 amide bonds. The highest BCUT2D eigenvalue weighted by atomic mass is 16.3. The Morgan fingerprint density at radius 3 is 2.90 bits per heavy atom. The van der Waals surface area contributed by atoms with Crippen molar-refractivity contribution in [2.75, 3.05) is 0 Å². The molecule has 0 saturated carbocycles. The van der Waals surface area contributed by atoms with Crippen LogP contribution in [0, 0.1) is 0 Å². The molecule has 10 heavy (non-hydrogen) atoms. The van der Waals surface area contributed by atoms with Crippen molar-refractivity contribution in [3.05, 3.63) is 35.8 Å². The third-order valence-corrected chi connectivity index (χ3v) is 0.921. The number of carbonyl (C=O) groups excluding carboxylic acids is 1. The van der Waals surface area contributed by atoms with Gasteiger partial charge in [0.25, 0.3) is 0 Å². The van der Waals surface area contributed by atoms with Crippen LogP contribution in [0.15, 0.2) is 35.8 Å². The number of rotatable bonds is 0. The first-order valence-electron chi connectivity index (χ1n) is 3.97. The fourth-order valence-corrected chi connectivity index (χ4v) is 0.490. The van der Waals surface area contributed by atoms with E-state index in [-0.39, 0.29) is 0 Å². The fourth-order valence-electron chi connectivity index (χ4n) is 0.490. The molecule has 0 radical (unpaired) electrons. The number of carbonyl (C=O) groups is 1. The van der Waals surface area contributed by atoms with Gasteiger partial charge in [0.1, 0.15) is 5.76 Å². The van der Waals surface area contributed by atoms with E-state index in [1.807, 2.05) is 0 Å². The normalized spacial score (nSPS) is 28.6. The Bertz CT molecular complexity index is 361. The summed E-state index contributed by atoms with van der Waals surface area (Å²) in [5.41, 5.74) is -0.474. The van der Waals surface area contributed by atoms with Gasteiger partial charge >= 0.3 is 0 Å². The molecule has 1 aliphatic carbocycles. The van der Waals surface area contributed by atoms with Gasteiger partial charge in [-0.1, -0.05) is 0 Å². The average Bonchev–Trinajstić information content (AvgIpc) is 2.13. The van der Waals surface area contributed by atoms with Gasteiger partial charge in [-0.25, -0.2) is 0 Å². The molecule has 0 spiro atoms. The second-order valence-electron chi connectivity index (χ2n) is 1.60. The van der Waals surface area contributed by atoms with Crippen LogP contribution in [0.2, 0.25) is 0 Å². The van der Waals surface area contributed by atoms with E-state index in [0.717, 1.165) is 0 Å². The first-order chi connectivity index (χ1) is 6.00. The first-order valence-corrected chi connectivity index (χ1v) is 2.47. The van der Waals surface area contributed by atoms with Gasteiger partial charge < -0.3 is 10.2 Å². The maximum Gasteiger partial charge on any atom is 0.189 e. The molecule has 0 atom stereocenters. The predicted octanol–water partition coefficient (Wildman–Crippen LogP) is 1.01. The monoisotopic (exact) mass is 141 g/mol. The summed E-state index contributed by atoms with van der Waals surface area (Å²) in [6, 6.07) is -2.05. The quantitative estimate of drug-likeness (QED) is 0.391. The summed E-state index contributed by atoms with van der Waals surface area (Å²) in [5, 5.41) is 17.6. The highest BCUT2D eigenvalue weighted by Gasteiger charge is 2.08. The lowest BCUT2D eigenvalue weighted by Gasteiger charge is -2.00. The van der Waals surface area contributed by atoms with Crippen LogP contribution in [-0.4, -0.2) is 16.0 Å². The lowest BCUT2D eigenvalue weighted by Crippen LogP contribution is -2.01. The minimum absolute atomic E-state index is 0.349. The van der Waals surface area contributed by atoms with Gasteiger partial charge in [0.15, 0.2) is 5.78 Å². The van der Waals surface area contributed by atoms with Gasteiger partial charge in [-0.15, -0.1) is 0 Å². The molecule has 0 aromatic heterocycles. The Morgan fingerprint density at radius 2 is 2.30 bits per heavy atom. The third kappa shape index (κ3) is 1.07. The molecule has 0 unspecified atom stereocenters. The highest BCUT2D eigenvalue weighted by Crippen LogP contribution is 2.09. The van der Waals surface area contributed by atoms with Gasteiger partial charge in [-0.05, 0) is 18.2 Å². The molecule has 1 rings (SSSR count). The zero-order chi connectivity index (χ0) is 10.2. The third-order valence-electron chi connectivity index (χ3n) is 0.921. The van der Waals surface area contributed by atoms with E-state index in [0.29, 0.717) is 6.26 Å². The molecule has 0 aliphatic heterocycles. The Hall–Kier alpha value is -1.51. The van der Waals surface area contributed by atoms with E-state index in [1.54, 1.807) is 0 Å². The molecule has 1 aliphatic rings. The molecule has 0 heterocycles. The lowest BCUT2D eigenvalue weighted by molar-refractivity contribution is -0.111. The Labute approximate surface area is 61.8 Å². The van der Waals surface area contributed by atoms with Gasteiger partial charge in [0.2, 0.25) is 0 Å². The van der Waals surface area contributed by atoms with Gasteiger partial charge in [0.05, 0.1) is 15.9 Å². The van der Waals surface area contributed by atoms with Crippen molar-refractivity contribution in [1.29, 1.82) is 0 Å². The van der Waals surface area contributed by atoms with Crippen molar-refractivity contribution in [2.24, 2.45) is 0 Å². The molecule has 0 fully saturated rings. The molecule has 3 heteroatoms. The molecule has 0 aromatic carbocycles. The van der Waals surface area contributed by atoms with Crippen LogP contribution in [-0.2, 0) is 4.79 Å². The van der Waals surface area contributed by atoms with E-state index in [4.69, 9.17) is 14.3 Å². The van der Waals surface area contributed by atoms with E-state index in [9.17, 15) is 4.79 Å². The zero-order valence-electron chi connectivity index (χ0n) is 7.88. The SMILES string of the molecule is [2H]C1=C([2H])C(O)=C([2H])/C(=C/O)C1=O. The van der Waals surface area contributed by atoms with Crippen molar-refractivity contribution in [3.8, 4) is 0 Å². The van der Waals surface area contributed by atoms with Gasteiger partial charge in [-0.3, -0.25) is 4.79 Å². The summed E-state index contributed by atoms with van der Waals surface area (Å²) in [5.74, 6) is -1.71. The summed E-state index contributed by atoms with van der Waals surface area (Å²) >= 11 is 0. The van der Waals surface area contributed by atoms with E-state index in [1.165, 1.54) is 0 Å². The van der Waals surface area contributed by atoms with Crippen LogP contribution in [0.1, 0.15) is 4.11 Å². The molecular weight excluding hydrogens is 132 g/mol. The number of allylic oxidation sites excluding steroid dienone is 4. The van der Waals surface area contributed by atoms with Crippen molar-refractivity contribution in [2.45, 2.75) is 0 Å². The van der Waals surface area contributed by atoms with Crippen LogP contribution in [0.3, 0.4) is 0 Å². The van der Waals surface area contributed by atoms with Crippen LogP contribution >= 0.6 is 0 Å². The predicted molar refractivity (Wildman–Crippen MR) is 35.6 cm³/mol. The minimum Gasteiger partial charge on any atom is -0.515 e. The molecule has 0 bridgehead atoms. The zero-order valence-corrected chi connectivity index (χ0v) is 4.88. The van der Waals surface area contributed by atoms with Crippen molar-refractivity contribution in [3.63, 3.8) is 0 Å². The summed E-state index contributed by atoms with van der Waals surface area (Å²) in [4.78, 5) is 11.1. The lowest BCUT2D eigenvalue weighted by atomic mass is 10.1. The Kier molecular flexibility index (Phi) is 0.862. The summed E-state index contributed by atoms with van der Waals surface area (Å²) in [6.07, 6.45) is 0.349.